The Balaban J connectivity index is 2.21. The van der Waals surface area contributed by atoms with Gasteiger partial charge in [0.25, 0.3) is 0 Å². The van der Waals surface area contributed by atoms with Crippen LogP contribution < -0.4 is 5.43 Å². The van der Waals surface area contributed by atoms with Gasteiger partial charge >= 0.3 is 5.97 Å². The van der Waals surface area contributed by atoms with Crippen LogP contribution in [0.3, 0.4) is 0 Å². The van der Waals surface area contributed by atoms with Crippen LogP contribution in [0.15, 0.2) is 47.3 Å². The molecule has 0 radical (unpaired) electrons. The summed E-state index contributed by atoms with van der Waals surface area (Å²) < 4.78 is 7.02. The average Bonchev–Trinajstić information content (AvgIpc) is 2.52. The molecule has 0 saturated heterocycles. The second kappa shape index (κ2) is 5.89. The molecule has 112 valence electrons. The quantitative estimate of drug-likeness (QED) is 0.537. The number of fused-ring (bicyclic) bond motifs is 2. The molecular weight excluding hydrogens is 296 g/mol. The first-order chi connectivity index (χ1) is 10.6. The SMILES string of the molecule is CC(C)COC(=O)c1cccc2sc3ccccc3c(=O)c12. The van der Waals surface area contributed by atoms with Crippen molar-refractivity contribution in [2.45, 2.75) is 13.8 Å². The predicted octanol–water partition coefficient (Wildman–Crippen LogP) is 4.23. The van der Waals surface area contributed by atoms with E-state index in [2.05, 4.69) is 0 Å². The zero-order chi connectivity index (χ0) is 15.7. The van der Waals surface area contributed by atoms with Crippen molar-refractivity contribution in [1.82, 2.24) is 0 Å². The van der Waals surface area contributed by atoms with Gasteiger partial charge < -0.3 is 4.74 Å². The lowest BCUT2D eigenvalue weighted by Gasteiger charge is -2.09. The summed E-state index contributed by atoms with van der Waals surface area (Å²) in [6.45, 7) is 4.30. The van der Waals surface area contributed by atoms with Gasteiger partial charge in [0.15, 0.2) is 5.43 Å². The molecule has 0 aliphatic heterocycles. The van der Waals surface area contributed by atoms with Gasteiger partial charge in [0.2, 0.25) is 0 Å². The first kappa shape index (κ1) is 14.7. The van der Waals surface area contributed by atoms with Gasteiger partial charge in [-0.3, -0.25) is 4.79 Å². The van der Waals surface area contributed by atoms with Crippen molar-refractivity contribution in [2.75, 3.05) is 6.61 Å². The molecule has 0 saturated carbocycles. The number of carbonyl (C=O) groups excluding carboxylic acids is 1. The van der Waals surface area contributed by atoms with E-state index < -0.39 is 5.97 Å². The predicted molar refractivity (Wildman–Crippen MR) is 90.7 cm³/mol. The summed E-state index contributed by atoms with van der Waals surface area (Å²) in [5, 5.41) is 1.10. The molecule has 1 heterocycles. The topological polar surface area (TPSA) is 43.4 Å². The second-order valence-electron chi connectivity index (χ2n) is 5.60. The molecule has 22 heavy (non-hydrogen) atoms. The molecule has 0 N–H and O–H groups in total. The molecule has 3 aromatic rings. The minimum Gasteiger partial charge on any atom is -0.462 e. The average molecular weight is 312 g/mol. The summed E-state index contributed by atoms with van der Waals surface area (Å²) >= 11 is 1.51. The van der Waals surface area contributed by atoms with Crippen molar-refractivity contribution in [1.29, 1.82) is 0 Å². The van der Waals surface area contributed by atoms with E-state index in [4.69, 9.17) is 4.74 Å². The summed E-state index contributed by atoms with van der Waals surface area (Å²) in [5.74, 6) is -0.173. The molecule has 0 fully saturated rings. The molecular formula is C18H16O3S. The van der Waals surface area contributed by atoms with Crippen LogP contribution in [0.1, 0.15) is 24.2 Å². The molecule has 0 aliphatic rings. The largest absolute Gasteiger partial charge is 0.462 e. The van der Waals surface area contributed by atoms with E-state index in [1.54, 1.807) is 18.2 Å². The fraction of sp³-hybridized carbons (Fsp3) is 0.222. The van der Waals surface area contributed by atoms with Crippen LogP contribution in [0.4, 0.5) is 0 Å². The molecule has 3 rings (SSSR count). The second-order valence-corrected chi connectivity index (χ2v) is 6.68. The van der Waals surface area contributed by atoms with Crippen molar-refractivity contribution in [3.8, 4) is 0 Å². The minimum atomic E-state index is -0.432. The zero-order valence-electron chi connectivity index (χ0n) is 12.5. The molecule has 0 unspecified atom stereocenters. The maximum atomic E-state index is 12.8. The van der Waals surface area contributed by atoms with Gasteiger partial charge in [-0.25, -0.2) is 4.79 Å². The van der Waals surface area contributed by atoms with Crippen LogP contribution in [0.5, 0.6) is 0 Å². The molecule has 3 nitrogen and oxygen atoms in total. The minimum absolute atomic E-state index is 0.110. The normalized spacial score (nSPS) is 11.2. The van der Waals surface area contributed by atoms with Crippen LogP contribution in [0.2, 0.25) is 0 Å². The Bertz CT molecular complexity index is 909. The van der Waals surface area contributed by atoms with Gasteiger partial charge in [-0.2, -0.15) is 0 Å². The molecule has 1 aromatic heterocycles. The number of carbonyl (C=O) groups is 1. The molecule has 0 atom stereocenters. The fourth-order valence-electron chi connectivity index (χ4n) is 2.34. The van der Waals surface area contributed by atoms with Crippen molar-refractivity contribution in [2.24, 2.45) is 5.92 Å². The van der Waals surface area contributed by atoms with E-state index in [0.29, 0.717) is 22.9 Å². The van der Waals surface area contributed by atoms with Crippen molar-refractivity contribution >= 4 is 37.5 Å². The van der Waals surface area contributed by atoms with Crippen LogP contribution in [0.25, 0.3) is 20.2 Å². The summed E-state index contributed by atoms with van der Waals surface area (Å²) in [7, 11) is 0. The summed E-state index contributed by atoms with van der Waals surface area (Å²) in [5.41, 5.74) is 0.242. The van der Waals surface area contributed by atoms with Crippen LogP contribution >= 0.6 is 11.3 Å². The Morgan fingerprint density at radius 3 is 2.59 bits per heavy atom. The summed E-state index contributed by atoms with van der Waals surface area (Å²) in [6, 6.07) is 12.8. The van der Waals surface area contributed by atoms with Gasteiger partial charge in [-0.05, 0) is 30.2 Å². The smallest absolute Gasteiger partial charge is 0.338 e. The monoisotopic (exact) mass is 312 g/mol. The molecule has 0 bridgehead atoms. The lowest BCUT2D eigenvalue weighted by Crippen LogP contribution is -2.13. The lowest BCUT2D eigenvalue weighted by molar-refractivity contribution is 0.0461. The Morgan fingerprint density at radius 2 is 1.82 bits per heavy atom. The molecule has 4 heteroatoms. The maximum absolute atomic E-state index is 12.8. The lowest BCUT2D eigenvalue weighted by atomic mass is 10.1. The number of rotatable bonds is 3. The third-order valence-corrected chi connectivity index (χ3v) is 4.51. The Morgan fingerprint density at radius 1 is 1.09 bits per heavy atom. The first-order valence-corrected chi connectivity index (χ1v) is 8.01. The third-order valence-electron chi connectivity index (χ3n) is 3.37. The Hall–Kier alpha value is -2.20. The fourth-order valence-corrected chi connectivity index (χ4v) is 3.44. The zero-order valence-corrected chi connectivity index (χ0v) is 13.3. The number of hydrogen-bond acceptors (Lipinski definition) is 4. The van der Waals surface area contributed by atoms with Crippen molar-refractivity contribution in [3.63, 3.8) is 0 Å². The summed E-state index contributed by atoms with van der Waals surface area (Å²) in [4.78, 5) is 25.0. The van der Waals surface area contributed by atoms with Crippen LogP contribution in [-0.4, -0.2) is 12.6 Å². The highest BCUT2D eigenvalue weighted by atomic mass is 32.1. The molecule has 0 spiro atoms. The van der Waals surface area contributed by atoms with Crippen LogP contribution in [-0.2, 0) is 4.74 Å². The van der Waals surface area contributed by atoms with E-state index in [1.807, 2.05) is 38.1 Å². The Kier molecular flexibility index (Phi) is 3.94. The highest BCUT2D eigenvalue weighted by Gasteiger charge is 2.16. The van der Waals surface area contributed by atoms with Crippen molar-refractivity contribution < 1.29 is 9.53 Å². The number of hydrogen-bond donors (Lipinski definition) is 0. The molecule has 0 amide bonds. The van der Waals surface area contributed by atoms with Gasteiger partial charge in [0.05, 0.1) is 17.6 Å². The number of esters is 1. The van der Waals surface area contributed by atoms with E-state index in [0.717, 1.165) is 9.40 Å². The standard InChI is InChI=1S/C18H16O3S/c1-11(2)10-21-18(20)13-7-5-9-15-16(13)17(19)12-6-3-4-8-14(12)22-15/h3-9,11H,10H2,1-2H3. The third kappa shape index (κ3) is 2.62. The highest BCUT2D eigenvalue weighted by molar-refractivity contribution is 7.24. The van der Waals surface area contributed by atoms with E-state index in [-0.39, 0.29) is 11.3 Å². The van der Waals surface area contributed by atoms with Gasteiger partial charge in [-0.1, -0.05) is 32.0 Å². The van der Waals surface area contributed by atoms with Crippen molar-refractivity contribution in [3.05, 3.63) is 58.3 Å². The van der Waals surface area contributed by atoms with Gasteiger partial charge in [0, 0.05) is 14.8 Å². The van der Waals surface area contributed by atoms with E-state index in [1.165, 1.54) is 11.3 Å². The molecule has 2 aromatic carbocycles. The maximum Gasteiger partial charge on any atom is 0.338 e. The van der Waals surface area contributed by atoms with Gasteiger partial charge in [-0.15, -0.1) is 11.3 Å². The summed E-state index contributed by atoms with van der Waals surface area (Å²) in [6.07, 6.45) is 0. The number of benzene rings is 2. The Labute approximate surface area is 132 Å². The first-order valence-electron chi connectivity index (χ1n) is 7.19. The number of ether oxygens (including phenoxy) is 1. The van der Waals surface area contributed by atoms with E-state index >= 15 is 0 Å². The molecule has 0 aliphatic carbocycles. The highest BCUT2D eigenvalue weighted by Crippen LogP contribution is 2.26. The van der Waals surface area contributed by atoms with Gasteiger partial charge in [0.1, 0.15) is 0 Å². The van der Waals surface area contributed by atoms with E-state index in [9.17, 15) is 9.59 Å². The van der Waals surface area contributed by atoms with Crippen LogP contribution in [0, 0.1) is 5.92 Å².